The van der Waals surface area contributed by atoms with Gasteiger partial charge in [-0.3, -0.25) is 24.4 Å². The highest BCUT2D eigenvalue weighted by molar-refractivity contribution is 5.84. The fourth-order valence-corrected chi connectivity index (χ4v) is 5.50. The van der Waals surface area contributed by atoms with Crippen molar-refractivity contribution in [1.29, 1.82) is 0 Å². The molecule has 0 spiro atoms. The second-order valence-electron chi connectivity index (χ2n) is 10.3. The lowest BCUT2D eigenvalue weighted by Gasteiger charge is -2.37. The molecule has 3 aromatic rings. The number of aromatic amines is 1. The summed E-state index contributed by atoms with van der Waals surface area (Å²) in [5, 5.41) is 0. The zero-order chi connectivity index (χ0) is 26.3. The van der Waals surface area contributed by atoms with Gasteiger partial charge in [-0.2, -0.15) is 0 Å². The van der Waals surface area contributed by atoms with Gasteiger partial charge in [0.05, 0.1) is 11.6 Å². The molecule has 38 heavy (non-hydrogen) atoms. The van der Waals surface area contributed by atoms with Crippen molar-refractivity contribution in [2.45, 2.75) is 32.4 Å². The Morgan fingerprint density at radius 2 is 1.45 bits per heavy atom. The van der Waals surface area contributed by atoms with Crippen LogP contribution in [0.15, 0.2) is 71.5 Å². The Balaban J connectivity index is 1.15. The van der Waals surface area contributed by atoms with Crippen LogP contribution in [0.5, 0.6) is 0 Å². The molecule has 200 valence electrons. The molecule has 1 atom stereocenters. The van der Waals surface area contributed by atoms with Gasteiger partial charge in [-0.15, -0.1) is 0 Å². The van der Waals surface area contributed by atoms with E-state index in [1.807, 2.05) is 35.2 Å². The smallest absolute Gasteiger partial charge is 0.252 e. The minimum Gasteiger partial charge on any atom is -0.339 e. The molecule has 1 amide bonds. The number of carbonyl (C=O) groups excluding carboxylic acids is 1. The molecule has 8 nitrogen and oxygen atoms in total. The van der Waals surface area contributed by atoms with Crippen molar-refractivity contribution in [2.75, 3.05) is 57.3 Å². The van der Waals surface area contributed by atoms with Crippen LogP contribution in [0, 0.1) is 0 Å². The van der Waals surface area contributed by atoms with E-state index in [0.717, 1.165) is 50.4 Å². The number of H-pyrrole nitrogens is 1. The van der Waals surface area contributed by atoms with Gasteiger partial charge < -0.3 is 9.80 Å². The minimum absolute atomic E-state index is 0.114. The molecule has 0 radical (unpaired) electrons. The van der Waals surface area contributed by atoms with E-state index in [-0.39, 0.29) is 17.4 Å². The number of piperazine rings is 2. The Kier molecular flexibility index (Phi) is 8.51. The van der Waals surface area contributed by atoms with Crippen LogP contribution in [-0.2, 0) is 17.9 Å². The molecular weight excluding hydrogens is 476 g/mol. The lowest BCUT2D eigenvalue weighted by atomic mass is 9.95. The number of hydrogen-bond donors (Lipinski definition) is 1. The van der Waals surface area contributed by atoms with Crippen LogP contribution in [-0.4, -0.2) is 82.9 Å². The molecule has 1 N–H and O–H groups in total. The first-order valence-corrected chi connectivity index (χ1v) is 13.8. The lowest BCUT2D eigenvalue weighted by molar-refractivity contribution is -0.133. The number of nitrogens with zero attached hydrogens (tertiary/aromatic N) is 5. The molecular formula is C30H38N6O2. The van der Waals surface area contributed by atoms with Crippen molar-refractivity contribution in [3.05, 3.63) is 93.9 Å². The van der Waals surface area contributed by atoms with Crippen LogP contribution in [0.1, 0.15) is 36.1 Å². The Morgan fingerprint density at radius 1 is 0.842 bits per heavy atom. The van der Waals surface area contributed by atoms with E-state index < -0.39 is 0 Å². The van der Waals surface area contributed by atoms with Crippen molar-refractivity contribution in [1.82, 2.24) is 24.7 Å². The van der Waals surface area contributed by atoms with Crippen molar-refractivity contribution < 1.29 is 4.79 Å². The maximum atomic E-state index is 13.3. The largest absolute Gasteiger partial charge is 0.339 e. The lowest BCUT2D eigenvalue weighted by Crippen LogP contribution is -2.50. The molecule has 0 bridgehead atoms. The van der Waals surface area contributed by atoms with Crippen LogP contribution in [0.4, 0.5) is 5.95 Å². The first-order chi connectivity index (χ1) is 18.6. The predicted molar refractivity (Wildman–Crippen MR) is 150 cm³/mol. The Labute approximate surface area is 224 Å². The average Bonchev–Trinajstić information content (AvgIpc) is 2.95. The Hall–Kier alpha value is -3.49. The monoisotopic (exact) mass is 514 g/mol. The van der Waals surface area contributed by atoms with Gasteiger partial charge in [-0.05, 0) is 17.5 Å². The summed E-state index contributed by atoms with van der Waals surface area (Å²) in [5.41, 5.74) is 3.09. The van der Waals surface area contributed by atoms with E-state index in [9.17, 15) is 9.59 Å². The van der Waals surface area contributed by atoms with Gasteiger partial charge in [-0.25, -0.2) is 4.98 Å². The van der Waals surface area contributed by atoms with Crippen molar-refractivity contribution >= 4 is 11.9 Å². The van der Waals surface area contributed by atoms with E-state index in [1.165, 1.54) is 5.56 Å². The van der Waals surface area contributed by atoms with E-state index in [1.54, 1.807) is 6.07 Å². The van der Waals surface area contributed by atoms with Gasteiger partial charge in [0.25, 0.3) is 5.56 Å². The number of amides is 1. The quantitative estimate of drug-likeness (QED) is 0.498. The van der Waals surface area contributed by atoms with Crippen LogP contribution >= 0.6 is 0 Å². The topological polar surface area (TPSA) is 75.8 Å². The van der Waals surface area contributed by atoms with Gasteiger partial charge in [0.1, 0.15) is 0 Å². The molecule has 2 aliphatic rings. The first-order valence-electron chi connectivity index (χ1n) is 13.8. The molecule has 8 heteroatoms. The van der Waals surface area contributed by atoms with Gasteiger partial charge in [-0.1, -0.05) is 67.6 Å². The molecule has 2 aliphatic heterocycles. The van der Waals surface area contributed by atoms with Gasteiger partial charge in [0, 0.05) is 71.5 Å². The summed E-state index contributed by atoms with van der Waals surface area (Å²) in [6, 6.07) is 22.2. The Bertz CT molecular complexity index is 1230. The number of aromatic nitrogens is 2. The van der Waals surface area contributed by atoms with Crippen LogP contribution < -0.4 is 10.5 Å². The van der Waals surface area contributed by atoms with Crippen LogP contribution in [0.25, 0.3) is 0 Å². The van der Waals surface area contributed by atoms with Crippen LogP contribution in [0.3, 0.4) is 0 Å². The third kappa shape index (κ3) is 6.49. The fourth-order valence-electron chi connectivity index (χ4n) is 5.50. The fraction of sp³-hybridized carbons (Fsp3) is 0.433. The standard InChI is InChI=1S/C30H38N6O2/c1-2-27(25-11-7-4-8-12-25)29(38)35-17-19-36(20-18-35)30-31-26(21-28(37)32-30)23-34-15-13-33(14-16-34)22-24-9-5-3-6-10-24/h3-12,21,27H,2,13-20,22-23H2,1H3,(H,31,32,37). The summed E-state index contributed by atoms with van der Waals surface area (Å²) in [5.74, 6) is 0.676. The zero-order valence-electron chi connectivity index (χ0n) is 22.3. The van der Waals surface area contributed by atoms with Gasteiger partial charge >= 0.3 is 0 Å². The van der Waals surface area contributed by atoms with Gasteiger partial charge in [0.15, 0.2) is 0 Å². The van der Waals surface area contributed by atoms with E-state index >= 15 is 0 Å². The minimum atomic E-state index is -0.124. The summed E-state index contributed by atoms with van der Waals surface area (Å²) < 4.78 is 0. The molecule has 0 saturated carbocycles. The summed E-state index contributed by atoms with van der Waals surface area (Å²) in [4.78, 5) is 42.4. The number of nitrogens with one attached hydrogen (secondary N) is 1. The molecule has 1 unspecified atom stereocenters. The summed E-state index contributed by atoms with van der Waals surface area (Å²) in [7, 11) is 0. The molecule has 3 heterocycles. The third-order valence-corrected chi connectivity index (χ3v) is 7.68. The Morgan fingerprint density at radius 3 is 2.08 bits per heavy atom. The second kappa shape index (κ2) is 12.4. The molecule has 0 aliphatic carbocycles. The van der Waals surface area contributed by atoms with Crippen molar-refractivity contribution in [3.8, 4) is 0 Å². The van der Waals surface area contributed by atoms with E-state index in [2.05, 4.69) is 56.9 Å². The number of rotatable bonds is 8. The molecule has 1 aromatic heterocycles. The summed E-state index contributed by atoms with van der Waals surface area (Å²) >= 11 is 0. The molecule has 2 fully saturated rings. The van der Waals surface area contributed by atoms with Crippen molar-refractivity contribution in [2.24, 2.45) is 0 Å². The van der Waals surface area contributed by atoms with Crippen molar-refractivity contribution in [3.63, 3.8) is 0 Å². The number of anilines is 1. The highest BCUT2D eigenvalue weighted by atomic mass is 16.2. The highest BCUT2D eigenvalue weighted by Crippen LogP contribution is 2.23. The highest BCUT2D eigenvalue weighted by Gasteiger charge is 2.28. The van der Waals surface area contributed by atoms with Crippen LogP contribution in [0.2, 0.25) is 0 Å². The number of hydrogen-bond acceptors (Lipinski definition) is 6. The van der Waals surface area contributed by atoms with E-state index in [4.69, 9.17) is 4.98 Å². The normalized spacial score (nSPS) is 17.9. The van der Waals surface area contributed by atoms with E-state index in [0.29, 0.717) is 38.7 Å². The maximum absolute atomic E-state index is 13.3. The predicted octanol–water partition coefficient (Wildman–Crippen LogP) is 2.93. The molecule has 2 saturated heterocycles. The number of carbonyl (C=O) groups is 1. The number of benzene rings is 2. The summed E-state index contributed by atoms with van der Waals surface area (Å²) in [6.45, 7) is 10.2. The summed E-state index contributed by atoms with van der Waals surface area (Å²) in [6.07, 6.45) is 0.778. The second-order valence-corrected chi connectivity index (χ2v) is 10.3. The maximum Gasteiger partial charge on any atom is 0.252 e. The SMILES string of the molecule is CCC(C(=O)N1CCN(c2nc(CN3CCN(Cc4ccccc4)CC3)cc(=O)[nH]2)CC1)c1ccccc1. The molecule has 5 rings (SSSR count). The third-order valence-electron chi connectivity index (χ3n) is 7.68. The average molecular weight is 515 g/mol. The first kappa shape index (κ1) is 26.1. The van der Waals surface area contributed by atoms with Gasteiger partial charge in [0.2, 0.25) is 11.9 Å². The molecule has 2 aromatic carbocycles. The zero-order valence-corrected chi connectivity index (χ0v) is 22.3.